The summed E-state index contributed by atoms with van der Waals surface area (Å²) in [6.07, 6.45) is -2.70. The van der Waals surface area contributed by atoms with Crippen LogP contribution in [-0.2, 0) is 4.79 Å². The topological polar surface area (TPSA) is 63.9 Å². The lowest BCUT2D eigenvalue weighted by molar-refractivity contribution is -0.164. The molecule has 152 valence electrons. The monoisotopic (exact) mass is 413 g/mol. The Balaban J connectivity index is 1.73. The Morgan fingerprint density at radius 3 is 2.71 bits per heavy atom. The van der Waals surface area contributed by atoms with Gasteiger partial charge in [0, 0.05) is 6.04 Å². The molecule has 3 rings (SSSR count). The minimum absolute atomic E-state index is 0.150. The second kappa shape index (κ2) is 8.10. The summed E-state index contributed by atoms with van der Waals surface area (Å²) in [5, 5.41) is 11.9. The third-order valence-electron chi connectivity index (χ3n) is 5.04. The molecule has 1 aromatic carbocycles. The quantitative estimate of drug-likeness (QED) is 0.650. The Labute approximate surface area is 165 Å². The number of amides is 1. The first kappa shape index (κ1) is 20.6. The van der Waals surface area contributed by atoms with E-state index in [9.17, 15) is 18.0 Å². The van der Waals surface area contributed by atoms with Crippen molar-refractivity contribution < 1.29 is 18.0 Å². The summed E-state index contributed by atoms with van der Waals surface area (Å²) in [7, 11) is 0. The van der Waals surface area contributed by atoms with E-state index in [4.69, 9.17) is 0 Å². The van der Waals surface area contributed by atoms with Gasteiger partial charge in [-0.05, 0) is 67.2 Å². The average Bonchev–Trinajstić information content (AvgIpc) is 3.37. The van der Waals surface area contributed by atoms with Crippen LogP contribution in [0.5, 0.6) is 0 Å². The fraction of sp³-hybridized carbons (Fsp3) is 0.556. The number of halogens is 3. The van der Waals surface area contributed by atoms with Gasteiger partial charge in [0.1, 0.15) is 6.54 Å². The first-order chi connectivity index (χ1) is 13.2. The van der Waals surface area contributed by atoms with E-state index in [0.29, 0.717) is 5.16 Å². The summed E-state index contributed by atoms with van der Waals surface area (Å²) in [6, 6.07) is 5.27. The molecule has 1 amide bonds. The van der Waals surface area contributed by atoms with Crippen molar-refractivity contribution in [3.05, 3.63) is 29.3 Å². The van der Waals surface area contributed by atoms with Crippen molar-refractivity contribution in [3.8, 4) is 5.69 Å². The highest BCUT2D eigenvalue weighted by Crippen LogP contribution is 2.36. The van der Waals surface area contributed by atoms with Crippen LogP contribution in [0.25, 0.3) is 5.69 Å². The number of aryl methyl sites for hydroxylation is 1. The Bertz CT molecular complexity index is 850. The average molecular weight is 413 g/mol. The van der Waals surface area contributed by atoms with Gasteiger partial charge in [0.25, 0.3) is 0 Å². The fourth-order valence-corrected chi connectivity index (χ4v) is 3.85. The number of thioether (sulfide) groups is 1. The zero-order chi connectivity index (χ0) is 20.5. The predicted octanol–water partition coefficient (Wildman–Crippen LogP) is 3.56. The van der Waals surface area contributed by atoms with Gasteiger partial charge < -0.3 is 4.90 Å². The summed E-state index contributed by atoms with van der Waals surface area (Å²) < 4.78 is 40.4. The second-order valence-electron chi connectivity index (χ2n) is 7.10. The van der Waals surface area contributed by atoms with Crippen molar-refractivity contribution in [2.75, 3.05) is 12.3 Å². The maximum atomic E-state index is 13.0. The molecule has 1 aliphatic carbocycles. The lowest BCUT2D eigenvalue weighted by Gasteiger charge is -2.30. The number of hydrogen-bond donors (Lipinski definition) is 0. The summed E-state index contributed by atoms with van der Waals surface area (Å²) >= 11 is 1.04. The van der Waals surface area contributed by atoms with Gasteiger partial charge in [0.15, 0.2) is 0 Å². The largest absolute Gasteiger partial charge is 0.406 e. The minimum atomic E-state index is -4.43. The lowest BCUT2D eigenvalue weighted by Crippen LogP contribution is -2.46. The number of carbonyl (C=O) groups excluding carboxylic acids is 1. The second-order valence-corrected chi connectivity index (χ2v) is 8.04. The maximum Gasteiger partial charge on any atom is 0.406 e. The molecule has 1 fully saturated rings. The van der Waals surface area contributed by atoms with Crippen molar-refractivity contribution in [1.82, 2.24) is 25.1 Å². The molecule has 6 nitrogen and oxygen atoms in total. The van der Waals surface area contributed by atoms with Crippen LogP contribution < -0.4 is 0 Å². The van der Waals surface area contributed by atoms with Gasteiger partial charge in [0.05, 0.1) is 11.4 Å². The molecule has 0 bridgehead atoms. The molecule has 1 saturated carbocycles. The highest BCUT2D eigenvalue weighted by molar-refractivity contribution is 7.99. The molecular formula is C18H22F3N5OS. The molecule has 2 aromatic rings. The number of aromatic nitrogens is 4. The molecule has 28 heavy (non-hydrogen) atoms. The molecule has 0 radical (unpaired) electrons. The van der Waals surface area contributed by atoms with Crippen molar-refractivity contribution in [3.63, 3.8) is 0 Å². The van der Waals surface area contributed by atoms with Crippen LogP contribution in [0, 0.1) is 19.8 Å². The van der Waals surface area contributed by atoms with Crippen molar-refractivity contribution in [2.24, 2.45) is 5.92 Å². The van der Waals surface area contributed by atoms with E-state index >= 15 is 0 Å². The molecule has 0 unspecified atom stereocenters. The van der Waals surface area contributed by atoms with Crippen LogP contribution in [0.1, 0.15) is 30.9 Å². The van der Waals surface area contributed by atoms with Crippen LogP contribution in [0.3, 0.4) is 0 Å². The van der Waals surface area contributed by atoms with Gasteiger partial charge in [0.2, 0.25) is 11.1 Å². The standard InChI is InChI=1S/C18H22F3N5OS/c1-11-5-4-6-15(12(11)2)26-17(22-23-24-26)28-9-16(27)25(10-18(19,20)21)13(3)14-7-8-14/h4-6,13-14H,7-10H2,1-3H3/t13-/m0/s1. The molecule has 1 aliphatic rings. The first-order valence-corrected chi connectivity index (χ1v) is 10.00. The van der Waals surface area contributed by atoms with E-state index in [-0.39, 0.29) is 11.7 Å². The molecule has 1 heterocycles. The maximum absolute atomic E-state index is 13.0. The van der Waals surface area contributed by atoms with Gasteiger partial charge >= 0.3 is 6.18 Å². The number of hydrogen-bond acceptors (Lipinski definition) is 5. The summed E-state index contributed by atoms with van der Waals surface area (Å²) in [4.78, 5) is 13.5. The van der Waals surface area contributed by atoms with Crippen LogP contribution in [0.2, 0.25) is 0 Å². The van der Waals surface area contributed by atoms with Gasteiger partial charge in [-0.1, -0.05) is 23.9 Å². The SMILES string of the molecule is Cc1cccc(-n2nnnc2SCC(=O)N(CC(F)(F)F)[C@@H](C)C2CC2)c1C. The van der Waals surface area contributed by atoms with Crippen LogP contribution in [0.15, 0.2) is 23.4 Å². The molecule has 10 heteroatoms. The van der Waals surface area contributed by atoms with Crippen LogP contribution >= 0.6 is 11.8 Å². The summed E-state index contributed by atoms with van der Waals surface area (Å²) in [5.74, 6) is -0.563. The highest BCUT2D eigenvalue weighted by atomic mass is 32.2. The third-order valence-corrected chi connectivity index (χ3v) is 5.94. The van der Waals surface area contributed by atoms with Gasteiger partial charge in [-0.15, -0.1) is 5.10 Å². The van der Waals surface area contributed by atoms with E-state index in [0.717, 1.165) is 46.3 Å². The molecule has 1 atom stereocenters. The Kier molecular flexibility index (Phi) is 5.97. The molecule has 0 spiro atoms. The van der Waals surface area contributed by atoms with Crippen molar-refractivity contribution >= 4 is 17.7 Å². The smallest absolute Gasteiger partial charge is 0.330 e. The molecule has 0 N–H and O–H groups in total. The Morgan fingerprint density at radius 2 is 2.07 bits per heavy atom. The highest BCUT2D eigenvalue weighted by Gasteiger charge is 2.40. The van der Waals surface area contributed by atoms with E-state index < -0.39 is 24.7 Å². The zero-order valence-corrected chi connectivity index (χ0v) is 16.7. The number of rotatable bonds is 7. The number of benzene rings is 1. The normalized spacial score (nSPS) is 15.5. The van der Waals surface area contributed by atoms with E-state index in [1.54, 1.807) is 6.92 Å². The van der Waals surface area contributed by atoms with E-state index in [1.165, 1.54) is 4.68 Å². The van der Waals surface area contributed by atoms with Crippen molar-refractivity contribution in [1.29, 1.82) is 0 Å². The Hall–Kier alpha value is -2.10. The number of alkyl halides is 3. The number of carbonyl (C=O) groups is 1. The summed E-state index contributed by atoms with van der Waals surface area (Å²) in [6.45, 7) is 4.36. The predicted molar refractivity (Wildman–Crippen MR) is 99.3 cm³/mol. The van der Waals surface area contributed by atoms with Gasteiger partial charge in [-0.3, -0.25) is 4.79 Å². The van der Waals surface area contributed by atoms with E-state index in [1.807, 2.05) is 32.0 Å². The minimum Gasteiger partial charge on any atom is -0.330 e. The third kappa shape index (κ3) is 4.84. The van der Waals surface area contributed by atoms with Gasteiger partial charge in [-0.25, -0.2) is 0 Å². The lowest BCUT2D eigenvalue weighted by atomic mass is 10.1. The summed E-state index contributed by atoms with van der Waals surface area (Å²) in [5.41, 5.74) is 2.83. The number of nitrogens with zero attached hydrogens (tertiary/aromatic N) is 5. The van der Waals surface area contributed by atoms with Gasteiger partial charge in [-0.2, -0.15) is 17.9 Å². The number of tetrazole rings is 1. The first-order valence-electron chi connectivity index (χ1n) is 9.01. The van der Waals surface area contributed by atoms with Crippen LogP contribution in [-0.4, -0.2) is 55.5 Å². The molecule has 0 aliphatic heterocycles. The van der Waals surface area contributed by atoms with E-state index in [2.05, 4.69) is 15.5 Å². The molecular weight excluding hydrogens is 391 g/mol. The Morgan fingerprint density at radius 1 is 1.36 bits per heavy atom. The molecule has 1 aromatic heterocycles. The van der Waals surface area contributed by atoms with Crippen molar-refractivity contribution in [2.45, 2.75) is 51.0 Å². The van der Waals surface area contributed by atoms with Crippen LogP contribution in [0.4, 0.5) is 13.2 Å². The zero-order valence-electron chi connectivity index (χ0n) is 15.9. The molecule has 0 saturated heterocycles. The fourth-order valence-electron chi connectivity index (χ4n) is 3.08.